The Hall–Kier alpha value is -0.0400. The molecule has 1 unspecified atom stereocenters. The molecule has 21 heavy (non-hydrogen) atoms. The number of nitrogens with one attached hydrogen (secondary N) is 1. The molecule has 1 rings (SSSR count). The van der Waals surface area contributed by atoms with Gasteiger partial charge >= 0.3 is 0 Å². The Labute approximate surface area is 148 Å². The molecule has 1 saturated heterocycles. The lowest BCUT2D eigenvalue weighted by atomic mass is 10.2. The summed E-state index contributed by atoms with van der Waals surface area (Å²) in [6.07, 6.45) is 5.20. The third kappa shape index (κ3) is 8.86. The van der Waals surface area contributed by atoms with Crippen LogP contribution in [0.2, 0.25) is 0 Å². The van der Waals surface area contributed by atoms with E-state index in [-0.39, 0.29) is 24.0 Å². The fourth-order valence-corrected chi connectivity index (χ4v) is 2.68. The number of nitrogens with zero attached hydrogens (tertiary/aromatic N) is 3. The van der Waals surface area contributed by atoms with Crippen molar-refractivity contribution in [3.05, 3.63) is 0 Å². The molecule has 1 N–H and O–H groups in total. The van der Waals surface area contributed by atoms with E-state index in [1.54, 1.807) is 0 Å². The highest BCUT2D eigenvalue weighted by Gasteiger charge is 2.14. The minimum atomic E-state index is 0. The molecule has 0 spiro atoms. The average molecular weight is 410 g/mol. The van der Waals surface area contributed by atoms with Gasteiger partial charge in [0, 0.05) is 33.2 Å². The van der Waals surface area contributed by atoms with E-state index in [0.29, 0.717) is 5.92 Å². The second-order valence-electron chi connectivity index (χ2n) is 6.08. The van der Waals surface area contributed by atoms with Crippen LogP contribution in [0.25, 0.3) is 0 Å². The standard InChI is InChI=1S/C16H34N4.HI/c1-5-7-10-19(4)16(17-6-2)18-13-15(3)14-20-11-8-9-12-20;/h15H,5-14H2,1-4H3,(H,17,18);1H. The number of rotatable bonds is 8. The molecule has 126 valence electrons. The number of hydrogen-bond acceptors (Lipinski definition) is 2. The summed E-state index contributed by atoms with van der Waals surface area (Å²) < 4.78 is 0. The van der Waals surface area contributed by atoms with Crippen LogP contribution in [-0.2, 0) is 0 Å². The lowest BCUT2D eigenvalue weighted by Gasteiger charge is -2.23. The molecule has 0 aromatic carbocycles. The third-order valence-corrected chi connectivity index (χ3v) is 3.86. The summed E-state index contributed by atoms with van der Waals surface area (Å²) in [4.78, 5) is 9.65. The van der Waals surface area contributed by atoms with Crippen LogP contribution in [0.1, 0.15) is 46.5 Å². The van der Waals surface area contributed by atoms with Crippen molar-refractivity contribution < 1.29 is 0 Å². The summed E-state index contributed by atoms with van der Waals surface area (Å²) in [5.41, 5.74) is 0. The smallest absolute Gasteiger partial charge is 0.193 e. The van der Waals surface area contributed by atoms with Crippen LogP contribution in [0, 0.1) is 5.92 Å². The summed E-state index contributed by atoms with van der Waals surface area (Å²) in [7, 11) is 2.14. The van der Waals surface area contributed by atoms with Gasteiger partial charge in [0.05, 0.1) is 0 Å². The van der Waals surface area contributed by atoms with Gasteiger partial charge in [0.25, 0.3) is 0 Å². The molecular formula is C16H35IN4. The summed E-state index contributed by atoms with van der Waals surface area (Å²) in [6, 6.07) is 0. The van der Waals surface area contributed by atoms with Crippen molar-refractivity contribution in [2.75, 3.05) is 46.3 Å². The van der Waals surface area contributed by atoms with Gasteiger partial charge in [-0.1, -0.05) is 20.3 Å². The average Bonchev–Trinajstić information content (AvgIpc) is 2.93. The zero-order valence-electron chi connectivity index (χ0n) is 14.4. The van der Waals surface area contributed by atoms with Crippen molar-refractivity contribution in [3.8, 4) is 0 Å². The molecule has 1 aliphatic heterocycles. The molecule has 0 aliphatic carbocycles. The summed E-state index contributed by atoms with van der Waals surface area (Å²) >= 11 is 0. The second-order valence-corrected chi connectivity index (χ2v) is 6.08. The van der Waals surface area contributed by atoms with Gasteiger partial charge in [-0.15, -0.1) is 24.0 Å². The second kappa shape index (κ2) is 12.5. The van der Waals surface area contributed by atoms with E-state index in [4.69, 9.17) is 4.99 Å². The van der Waals surface area contributed by atoms with Crippen molar-refractivity contribution in [2.45, 2.75) is 46.5 Å². The predicted octanol–water partition coefficient (Wildman–Crippen LogP) is 3.03. The molecular weight excluding hydrogens is 375 g/mol. The minimum Gasteiger partial charge on any atom is -0.357 e. The van der Waals surface area contributed by atoms with Gasteiger partial charge in [-0.3, -0.25) is 4.99 Å². The Morgan fingerprint density at radius 1 is 1.29 bits per heavy atom. The Morgan fingerprint density at radius 3 is 2.52 bits per heavy atom. The number of likely N-dealkylation sites (tertiary alicyclic amines) is 1. The van der Waals surface area contributed by atoms with Gasteiger partial charge in [-0.2, -0.15) is 0 Å². The highest BCUT2D eigenvalue weighted by Crippen LogP contribution is 2.10. The molecule has 4 nitrogen and oxygen atoms in total. The predicted molar refractivity (Wildman–Crippen MR) is 104 cm³/mol. The maximum atomic E-state index is 4.81. The van der Waals surface area contributed by atoms with Crippen molar-refractivity contribution in [2.24, 2.45) is 10.9 Å². The van der Waals surface area contributed by atoms with Crippen molar-refractivity contribution in [3.63, 3.8) is 0 Å². The fraction of sp³-hybridized carbons (Fsp3) is 0.938. The zero-order valence-corrected chi connectivity index (χ0v) is 16.7. The first kappa shape index (κ1) is 21.0. The fourth-order valence-electron chi connectivity index (χ4n) is 2.68. The number of hydrogen-bond donors (Lipinski definition) is 1. The molecule has 1 atom stereocenters. The molecule has 5 heteroatoms. The van der Waals surface area contributed by atoms with E-state index >= 15 is 0 Å². The van der Waals surface area contributed by atoms with Crippen LogP contribution < -0.4 is 5.32 Å². The van der Waals surface area contributed by atoms with E-state index < -0.39 is 0 Å². The largest absolute Gasteiger partial charge is 0.357 e. The van der Waals surface area contributed by atoms with Crippen LogP contribution in [-0.4, -0.2) is 62.1 Å². The van der Waals surface area contributed by atoms with Gasteiger partial charge in [-0.05, 0) is 45.2 Å². The quantitative estimate of drug-likeness (QED) is 0.379. The molecule has 1 heterocycles. The highest BCUT2D eigenvalue weighted by molar-refractivity contribution is 14.0. The van der Waals surface area contributed by atoms with Crippen LogP contribution in [0.15, 0.2) is 4.99 Å². The molecule has 0 amide bonds. The minimum absolute atomic E-state index is 0. The lowest BCUT2D eigenvalue weighted by molar-refractivity contribution is 0.291. The molecule has 1 fully saturated rings. The highest BCUT2D eigenvalue weighted by atomic mass is 127. The first-order chi connectivity index (χ1) is 9.67. The number of unbranched alkanes of at least 4 members (excludes halogenated alkanes) is 1. The van der Waals surface area contributed by atoms with E-state index in [9.17, 15) is 0 Å². The van der Waals surface area contributed by atoms with E-state index in [1.165, 1.54) is 45.3 Å². The maximum absolute atomic E-state index is 4.81. The van der Waals surface area contributed by atoms with E-state index in [1.807, 2.05) is 0 Å². The molecule has 1 aliphatic rings. The zero-order chi connectivity index (χ0) is 14.8. The van der Waals surface area contributed by atoms with Crippen LogP contribution in [0.5, 0.6) is 0 Å². The monoisotopic (exact) mass is 410 g/mol. The topological polar surface area (TPSA) is 30.9 Å². The van der Waals surface area contributed by atoms with E-state index in [2.05, 4.69) is 42.9 Å². The molecule has 0 aromatic rings. The third-order valence-electron chi connectivity index (χ3n) is 3.86. The Morgan fingerprint density at radius 2 is 1.95 bits per heavy atom. The number of aliphatic imine (C=N–C) groups is 1. The van der Waals surface area contributed by atoms with Gasteiger partial charge in [0.2, 0.25) is 0 Å². The molecule has 0 radical (unpaired) electrons. The summed E-state index contributed by atoms with van der Waals surface area (Å²) in [5, 5.41) is 3.40. The van der Waals surface area contributed by atoms with Crippen molar-refractivity contribution in [1.82, 2.24) is 15.1 Å². The van der Waals surface area contributed by atoms with Gasteiger partial charge in [0.1, 0.15) is 0 Å². The lowest BCUT2D eigenvalue weighted by Crippen LogP contribution is -2.40. The molecule has 0 aromatic heterocycles. The van der Waals surface area contributed by atoms with Crippen molar-refractivity contribution in [1.29, 1.82) is 0 Å². The SMILES string of the molecule is CCCCN(C)C(=NCC(C)CN1CCCC1)NCC.I. The van der Waals surface area contributed by atoms with Crippen molar-refractivity contribution >= 4 is 29.9 Å². The summed E-state index contributed by atoms with van der Waals surface area (Å²) in [5.74, 6) is 1.70. The van der Waals surface area contributed by atoms with Crippen LogP contribution in [0.3, 0.4) is 0 Å². The Balaban J connectivity index is 0.00000400. The summed E-state index contributed by atoms with van der Waals surface area (Å²) in [6.45, 7) is 13.4. The molecule has 0 bridgehead atoms. The Bertz CT molecular complexity index is 277. The van der Waals surface area contributed by atoms with Crippen LogP contribution in [0.4, 0.5) is 0 Å². The number of guanidine groups is 1. The molecule has 0 saturated carbocycles. The first-order valence-corrected chi connectivity index (χ1v) is 8.39. The van der Waals surface area contributed by atoms with E-state index in [0.717, 1.165) is 25.6 Å². The first-order valence-electron chi connectivity index (χ1n) is 8.39. The van der Waals surface area contributed by atoms with Gasteiger partial charge in [-0.25, -0.2) is 0 Å². The van der Waals surface area contributed by atoms with Gasteiger partial charge in [0.15, 0.2) is 5.96 Å². The Kier molecular flexibility index (Phi) is 12.5. The normalized spacial score (nSPS) is 17.4. The number of halogens is 1. The van der Waals surface area contributed by atoms with Gasteiger partial charge < -0.3 is 15.1 Å². The van der Waals surface area contributed by atoms with Crippen LogP contribution >= 0.6 is 24.0 Å². The maximum Gasteiger partial charge on any atom is 0.193 e.